The Hall–Kier alpha value is -2.00. The molecule has 9 heteroatoms. The molecule has 2 aromatic rings. The highest BCUT2D eigenvalue weighted by molar-refractivity contribution is 7.98. The molecular formula is C11H14N6O2S. The molecule has 0 saturated carbocycles. The van der Waals surface area contributed by atoms with Crippen LogP contribution in [0.3, 0.4) is 0 Å². The van der Waals surface area contributed by atoms with Gasteiger partial charge in [-0.1, -0.05) is 23.9 Å². The average molecular weight is 294 g/mol. The van der Waals surface area contributed by atoms with Crippen LogP contribution in [0.5, 0.6) is 0 Å². The fourth-order valence-electron chi connectivity index (χ4n) is 1.73. The Balaban J connectivity index is 2.13. The van der Waals surface area contributed by atoms with Crippen molar-refractivity contribution >= 4 is 17.4 Å². The van der Waals surface area contributed by atoms with Crippen molar-refractivity contribution in [1.82, 2.24) is 20.2 Å². The Morgan fingerprint density at radius 1 is 1.50 bits per heavy atom. The second-order valence-electron chi connectivity index (χ2n) is 4.08. The van der Waals surface area contributed by atoms with E-state index in [4.69, 9.17) is 5.73 Å². The predicted octanol–water partition coefficient (Wildman–Crippen LogP) is 1.14. The quantitative estimate of drug-likeness (QED) is 0.483. The summed E-state index contributed by atoms with van der Waals surface area (Å²) in [6, 6.07) is 5.05. The zero-order chi connectivity index (χ0) is 14.5. The first kappa shape index (κ1) is 14.4. The second-order valence-corrected chi connectivity index (χ2v) is 5.02. The van der Waals surface area contributed by atoms with Crippen molar-refractivity contribution in [3.8, 4) is 0 Å². The number of aromatic nitrogens is 4. The summed E-state index contributed by atoms with van der Waals surface area (Å²) in [6.45, 7) is 2.74. The molecule has 0 amide bonds. The number of hydrogen-bond acceptors (Lipinski definition) is 7. The molecule has 1 aromatic heterocycles. The van der Waals surface area contributed by atoms with Gasteiger partial charge in [-0.25, -0.2) is 4.68 Å². The SMILES string of the molecule is Cc1c(CSc2nnnn2CCN)cccc1[N+](=O)[O-]. The molecule has 1 aromatic carbocycles. The molecule has 20 heavy (non-hydrogen) atoms. The van der Waals surface area contributed by atoms with Gasteiger partial charge in [0.25, 0.3) is 5.69 Å². The maximum Gasteiger partial charge on any atom is 0.272 e. The van der Waals surface area contributed by atoms with Crippen molar-refractivity contribution in [2.24, 2.45) is 5.73 Å². The molecule has 2 N–H and O–H groups in total. The van der Waals surface area contributed by atoms with E-state index in [1.54, 1.807) is 17.7 Å². The number of nitrogens with two attached hydrogens (primary N) is 1. The van der Waals surface area contributed by atoms with Gasteiger partial charge in [-0.05, 0) is 22.9 Å². The fourth-order valence-corrected chi connectivity index (χ4v) is 2.70. The minimum Gasteiger partial charge on any atom is -0.329 e. The van der Waals surface area contributed by atoms with Crippen molar-refractivity contribution < 1.29 is 4.92 Å². The molecular weight excluding hydrogens is 280 g/mol. The Labute approximate surface area is 119 Å². The molecule has 2 rings (SSSR count). The topological polar surface area (TPSA) is 113 Å². The Morgan fingerprint density at radius 2 is 2.30 bits per heavy atom. The molecule has 0 radical (unpaired) electrons. The molecule has 106 valence electrons. The van der Waals surface area contributed by atoms with E-state index in [1.807, 2.05) is 6.07 Å². The van der Waals surface area contributed by atoms with Crippen LogP contribution in [-0.4, -0.2) is 31.7 Å². The van der Waals surface area contributed by atoms with E-state index in [9.17, 15) is 10.1 Å². The number of nitro groups is 1. The lowest BCUT2D eigenvalue weighted by atomic mass is 10.1. The minimum absolute atomic E-state index is 0.129. The molecule has 0 aliphatic heterocycles. The monoisotopic (exact) mass is 294 g/mol. The number of tetrazole rings is 1. The van der Waals surface area contributed by atoms with Crippen LogP contribution in [0.15, 0.2) is 23.4 Å². The molecule has 0 bridgehead atoms. The average Bonchev–Trinajstić information content (AvgIpc) is 2.85. The summed E-state index contributed by atoms with van der Waals surface area (Å²) in [5.74, 6) is 0.568. The van der Waals surface area contributed by atoms with Gasteiger partial charge in [0.1, 0.15) is 0 Å². The number of thioether (sulfide) groups is 1. The first-order valence-corrected chi connectivity index (χ1v) is 6.94. The lowest BCUT2D eigenvalue weighted by Crippen LogP contribution is -2.12. The lowest BCUT2D eigenvalue weighted by molar-refractivity contribution is -0.385. The first-order chi connectivity index (χ1) is 9.63. The van der Waals surface area contributed by atoms with Crippen molar-refractivity contribution in [2.75, 3.05) is 6.54 Å². The van der Waals surface area contributed by atoms with E-state index in [2.05, 4.69) is 15.5 Å². The predicted molar refractivity (Wildman–Crippen MR) is 74.3 cm³/mol. The van der Waals surface area contributed by atoms with E-state index in [0.29, 0.717) is 29.6 Å². The highest BCUT2D eigenvalue weighted by Crippen LogP contribution is 2.26. The standard InChI is InChI=1S/C11H14N6O2S/c1-8-9(3-2-4-10(8)17(18)19)7-20-11-13-14-15-16(11)6-5-12/h2-4H,5-7,12H2,1H3. The number of rotatable bonds is 6. The fraction of sp³-hybridized carbons (Fsp3) is 0.364. The van der Waals surface area contributed by atoms with Crippen molar-refractivity contribution in [1.29, 1.82) is 0 Å². The molecule has 8 nitrogen and oxygen atoms in total. The van der Waals surface area contributed by atoms with Gasteiger partial charge in [-0.2, -0.15) is 0 Å². The van der Waals surface area contributed by atoms with Gasteiger partial charge in [0.15, 0.2) is 0 Å². The highest BCUT2D eigenvalue weighted by atomic mass is 32.2. The smallest absolute Gasteiger partial charge is 0.272 e. The maximum absolute atomic E-state index is 10.9. The van der Waals surface area contributed by atoms with Gasteiger partial charge >= 0.3 is 0 Å². The van der Waals surface area contributed by atoms with Crippen molar-refractivity contribution in [3.63, 3.8) is 0 Å². The van der Waals surface area contributed by atoms with E-state index in [0.717, 1.165) is 5.56 Å². The molecule has 0 aliphatic carbocycles. The maximum atomic E-state index is 10.9. The van der Waals surface area contributed by atoms with E-state index in [-0.39, 0.29) is 10.6 Å². The minimum atomic E-state index is -0.373. The Morgan fingerprint density at radius 3 is 3.00 bits per heavy atom. The summed E-state index contributed by atoms with van der Waals surface area (Å²) in [7, 11) is 0. The van der Waals surface area contributed by atoms with E-state index in [1.165, 1.54) is 17.8 Å². The van der Waals surface area contributed by atoms with E-state index >= 15 is 0 Å². The normalized spacial score (nSPS) is 10.7. The number of nitro benzene ring substituents is 1. The number of nitrogens with zero attached hydrogens (tertiary/aromatic N) is 5. The molecule has 0 spiro atoms. The van der Waals surface area contributed by atoms with Crippen LogP contribution < -0.4 is 5.73 Å². The third kappa shape index (κ3) is 3.11. The summed E-state index contributed by atoms with van der Waals surface area (Å²) >= 11 is 1.43. The van der Waals surface area contributed by atoms with Crippen molar-refractivity contribution in [2.45, 2.75) is 24.4 Å². The van der Waals surface area contributed by atoms with Crippen LogP contribution in [-0.2, 0) is 12.3 Å². The lowest BCUT2D eigenvalue weighted by Gasteiger charge is -2.06. The van der Waals surface area contributed by atoms with Gasteiger partial charge in [0.05, 0.1) is 11.5 Å². The van der Waals surface area contributed by atoms with Crippen LogP contribution >= 0.6 is 11.8 Å². The zero-order valence-electron chi connectivity index (χ0n) is 10.9. The molecule has 0 unspecified atom stereocenters. The first-order valence-electron chi connectivity index (χ1n) is 5.95. The van der Waals surface area contributed by atoms with E-state index < -0.39 is 0 Å². The number of hydrogen-bond donors (Lipinski definition) is 1. The number of benzene rings is 1. The van der Waals surface area contributed by atoms with Gasteiger partial charge in [0, 0.05) is 23.9 Å². The van der Waals surface area contributed by atoms with Crippen LogP contribution in [0.25, 0.3) is 0 Å². The Kier molecular flexibility index (Phi) is 4.64. The zero-order valence-corrected chi connectivity index (χ0v) is 11.7. The molecule has 1 heterocycles. The molecule has 0 fully saturated rings. The summed E-state index contributed by atoms with van der Waals surface area (Å²) in [5, 5.41) is 22.9. The van der Waals surface area contributed by atoms with Gasteiger partial charge < -0.3 is 5.73 Å². The largest absolute Gasteiger partial charge is 0.329 e. The summed E-state index contributed by atoms with van der Waals surface area (Å²) in [5.41, 5.74) is 7.17. The summed E-state index contributed by atoms with van der Waals surface area (Å²) in [6.07, 6.45) is 0. The third-order valence-electron chi connectivity index (χ3n) is 2.81. The second kappa shape index (κ2) is 6.44. The summed E-state index contributed by atoms with van der Waals surface area (Å²) < 4.78 is 1.62. The Bertz CT molecular complexity index is 615. The van der Waals surface area contributed by atoms with Crippen LogP contribution in [0, 0.1) is 17.0 Å². The molecule has 0 atom stereocenters. The third-order valence-corrected chi connectivity index (χ3v) is 3.82. The summed E-state index contributed by atoms with van der Waals surface area (Å²) in [4.78, 5) is 10.5. The molecule has 0 saturated heterocycles. The molecule has 0 aliphatic rings. The van der Waals surface area contributed by atoms with Gasteiger partial charge in [-0.3, -0.25) is 10.1 Å². The van der Waals surface area contributed by atoms with Crippen LogP contribution in [0.4, 0.5) is 5.69 Å². The van der Waals surface area contributed by atoms with Gasteiger partial charge in [-0.15, -0.1) is 5.10 Å². The van der Waals surface area contributed by atoms with Crippen LogP contribution in [0.1, 0.15) is 11.1 Å². The van der Waals surface area contributed by atoms with Crippen LogP contribution in [0.2, 0.25) is 0 Å². The van der Waals surface area contributed by atoms with Crippen molar-refractivity contribution in [3.05, 3.63) is 39.4 Å². The van der Waals surface area contributed by atoms with Gasteiger partial charge in [0.2, 0.25) is 5.16 Å². The highest BCUT2D eigenvalue weighted by Gasteiger charge is 2.14.